The normalized spacial score (nSPS) is 47.0. The van der Waals surface area contributed by atoms with Gasteiger partial charge in [0.05, 0.1) is 16.9 Å². The number of aliphatic hydroxyl groups excluding tert-OH is 1. The van der Waals surface area contributed by atoms with Crippen LogP contribution in [0.25, 0.3) is 0 Å². The first kappa shape index (κ1) is 26.3. The lowest BCUT2D eigenvalue weighted by atomic mass is 9.76. The number of fused-ring (bicyclic) bond motifs is 1. The van der Waals surface area contributed by atoms with Crippen molar-refractivity contribution in [1.82, 2.24) is 20.7 Å². The van der Waals surface area contributed by atoms with Gasteiger partial charge in [-0.15, -0.1) is 0 Å². The lowest BCUT2D eigenvalue weighted by Gasteiger charge is -2.49. The number of piperidine rings is 2. The molecule has 0 aromatic rings. The minimum absolute atomic E-state index is 0.0291. The first-order valence-electron chi connectivity index (χ1n) is 14.2. The monoisotopic (exact) mass is 557 g/mol. The highest BCUT2D eigenvalue weighted by molar-refractivity contribution is 9.09. The number of hydrogen-bond donors (Lipinski definition) is 4. The van der Waals surface area contributed by atoms with Crippen LogP contribution in [0.1, 0.15) is 71.6 Å². The molecule has 5 N–H and O–H groups in total. The summed E-state index contributed by atoms with van der Waals surface area (Å²) in [7, 11) is 0. The Morgan fingerprint density at radius 2 is 1.94 bits per heavy atom. The summed E-state index contributed by atoms with van der Waals surface area (Å²) in [5, 5.41) is 16.7. The van der Waals surface area contributed by atoms with Gasteiger partial charge in [-0.05, 0) is 63.2 Å². The largest absolute Gasteiger partial charge is 0.388 e. The molecule has 2 saturated carbocycles. The maximum absolute atomic E-state index is 15.3. The number of nitrogens with zero attached hydrogens (tertiary/aromatic N) is 2. The molecule has 0 aromatic heterocycles. The minimum Gasteiger partial charge on any atom is -0.388 e. The Kier molecular flexibility index (Phi) is 8.12. The Bertz CT molecular complexity index is 759. The summed E-state index contributed by atoms with van der Waals surface area (Å²) in [5.41, 5.74) is 10.2. The number of aliphatic hydroxyl groups is 1. The molecule has 0 spiro atoms. The summed E-state index contributed by atoms with van der Waals surface area (Å²) in [4.78, 5) is 16.0. The Balaban J connectivity index is 1.34. The van der Waals surface area contributed by atoms with Crippen LogP contribution in [-0.2, 0) is 4.79 Å². The van der Waals surface area contributed by atoms with E-state index in [-0.39, 0.29) is 58.8 Å². The van der Waals surface area contributed by atoms with Gasteiger partial charge in [-0.1, -0.05) is 36.2 Å². The molecule has 11 unspecified atom stereocenters. The molecule has 9 heteroatoms. The maximum Gasteiger partial charge on any atom is 0.228 e. The molecule has 3 aliphatic heterocycles. The highest BCUT2D eigenvalue weighted by Gasteiger charge is 2.55. The van der Waals surface area contributed by atoms with Gasteiger partial charge in [-0.3, -0.25) is 10.2 Å². The lowest BCUT2D eigenvalue weighted by Crippen LogP contribution is -2.62. The number of amides is 1. The summed E-state index contributed by atoms with van der Waals surface area (Å²) < 4.78 is 15.3. The SMILES string of the molecule is CCCC1NN(C2CCC(C3CC3)C(F)C2O)C2CCN(C(=O)C3CNC(Br)CC3N)C(CC)C12. The fraction of sp³-hybridized carbons (Fsp3) is 0.962. The number of carbonyl (C=O) groups excluding carboxylic acids is 1. The average molecular weight is 559 g/mol. The molecule has 0 bridgehead atoms. The van der Waals surface area contributed by atoms with Crippen molar-refractivity contribution in [2.75, 3.05) is 13.1 Å². The van der Waals surface area contributed by atoms with Crippen LogP contribution in [0.15, 0.2) is 0 Å². The Labute approximate surface area is 218 Å². The second-order valence-corrected chi connectivity index (χ2v) is 12.9. The highest BCUT2D eigenvalue weighted by Crippen LogP contribution is 2.47. The predicted molar refractivity (Wildman–Crippen MR) is 138 cm³/mol. The first-order chi connectivity index (χ1) is 16.8. The van der Waals surface area contributed by atoms with Crippen molar-refractivity contribution in [2.45, 2.75) is 119 Å². The van der Waals surface area contributed by atoms with Crippen LogP contribution in [0.5, 0.6) is 0 Å². The molecule has 1 amide bonds. The zero-order valence-corrected chi connectivity index (χ0v) is 22.9. The van der Waals surface area contributed by atoms with Crippen LogP contribution in [0.3, 0.4) is 0 Å². The van der Waals surface area contributed by atoms with E-state index < -0.39 is 12.3 Å². The van der Waals surface area contributed by atoms with E-state index in [9.17, 15) is 9.90 Å². The van der Waals surface area contributed by atoms with Gasteiger partial charge in [0.2, 0.25) is 5.91 Å². The second-order valence-electron chi connectivity index (χ2n) is 11.8. The third-order valence-corrected chi connectivity index (χ3v) is 10.5. The zero-order valence-electron chi connectivity index (χ0n) is 21.3. The van der Waals surface area contributed by atoms with Gasteiger partial charge in [0, 0.05) is 43.2 Å². The van der Waals surface area contributed by atoms with Crippen molar-refractivity contribution >= 4 is 21.8 Å². The molecule has 200 valence electrons. The number of hydrazine groups is 1. The van der Waals surface area contributed by atoms with E-state index >= 15 is 4.39 Å². The van der Waals surface area contributed by atoms with Crippen molar-refractivity contribution in [3.8, 4) is 0 Å². The number of halogens is 2. The van der Waals surface area contributed by atoms with Crippen molar-refractivity contribution in [3.05, 3.63) is 0 Å². The van der Waals surface area contributed by atoms with Gasteiger partial charge in [0.1, 0.15) is 12.3 Å². The van der Waals surface area contributed by atoms with Crippen molar-refractivity contribution in [3.63, 3.8) is 0 Å². The standard InChI is InChI=1S/C26H45BrFN5O2/c1-3-5-18-23-19(4-2)32(26(35)16-13-30-22(27)12-17(16)29)11-10-20(23)33(31-18)21-9-8-15(14-6-7-14)24(28)25(21)34/h14-25,30-31,34H,3-13,29H2,1-2H3. The van der Waals surface area contributed by atoms with E-state index in [1.165, 1.54) is 0 Å². The summed E-state index contributed by atoms with van der Waals surface area (Å²) in [6, 6.07) is 0.245. The zero-order chi connectivity index (χ0) is 24.9. The van der Waals surface area contributed by atoms with Crippen molar-refractivity contribution < 1.29 is 14.3 Å². The van der Waals surface area contributed by atoms with Crippen LogP contribution in [0, 0.1) is 23.7 Å². The number of nitrogens with two attached hydrogens (primary N) is 1. The average Bonchev–Trinajstić information content (AvgIpc) is 3.62. The number of carbonyl (C=O) groups is 1. The fourth-order valence-corrected chi connectivity index (χ4v) is 8.48. The molecule has 5 rings (SSSR count). The molecule has 0 radical (unpaired) electrons. The Morgan fingerprint density at radius 1 is 1.17 bits per heavy atom. The van der Waals surface area contributed by atoms with Gasteiger partial charge in [0.25, 0.3) is 0 Å². The van der Waals surface area contributed by atoms with E-state index in [2.05, 4.69) is 50.4 Å². The summed E-state index contributed by atoms with van der Waals surface area (Å²) in [6.45, 7) is 5.68. The van der Waals surface area contributed by atoms with Gasteiger partial charge in [-0.2, -0.15) is 0 Å². The fourth-order valence-electron chi connectivity index (χ4n) is 7.86. The van der Waals surface area contributed by atoms with Gasteiger partial charge < -0.3 is 21.1 Å². The molecule has 3 saturated heterocycles. The molecule has 2 aliphatic carbocycles. The number of hydrogen-bond acceptors (Lipinski definition) is 6. The highest BCUT2D eigenvalue weighted by atomic mass is 79.9. The first-order valence-corrected chi connectivity index (χ1v) is 15.1. The van der Waals surface area contributed by atoms with Gasteiger partial charge >= 0.3 is 0 Å². The molecular weight excluding hydrogens is 513 g/mol. The van der Waals surface area contributed by atoms with Gasteiger partial charge in [0.15, 0.2) is 0 Å². The summed E-state index contributed by atoms with van der Waals surface area (Å²) in [6.07, 6.45) is 6.41. The number of nitrogens with one attached hydrogen (secondary N) is 2. The van der Waals surface area contributed by atoms with Crippen LogP contribution >= 0.6 is 15.9 Å². The van der Waals surface area contributed by atoms with Crippen LogP contribution < -0.4 is 16.5 Å². The molecule has 3 heterocycles. The van der Waals surface area contributed by atoms with Crippen molar-refractivity contribution in [1.29, 1.82) is 0 Å². The van der Waals surface area contributed by atoms with E-state index in [0.717, 1.165) is 57.8 Å². The molecule has 5 aliphatic rings. The number of likely N-dealkylation sites (tertiary alicyclic amines) is 1. The molecule has 5 fully saturated rings. The predicted octanol–water partition coefficient (Wildman–Crippen LogP) is 2.52. The quantitative estimate of drug-likeness (QED) is 0.296. The number of alkyl halides is 2. The van der Waals surface area contributed by atoms with E-state index in [0.29, 0.717) is 19.0 Å². The lowest BCUT2D eigenvalue weighted by molar-refractivity contribution is -0.144. The molecule has 11 atom stereocenters. The summed E-state index contributed by atoms with van der Waals surface area (Å²) in [5.74, 6) is 0.766. The molecular formula is C26H45BrFN5O2. The van der Waals surface area contributed by atoms with E-state index in [4.69, 9.17) is 5.73 Å². The van der Waals surface area contributed by atoms with Crippen LogP contribution in [0.4, 0.5) is 4.39 Å². The van der Waals surface area contributed by atoms with E-state index in [1.807, 2.05) is 0 Å². The third kappa shape index (κ3) is 4.94. The Morgan fingerprint density at radius 3 is 2.60 bits per heavy atom. The van der Waals surface area contributed by atoms with Crippen LogP contribution in [-0.4, -0.2) is 81.4 Å². The Hall–Kier alpha value is -0.320. The molecule has 35 heavy (non-hydrogen) atoms. The maximum atomic E-state index is 15.3. The van der Waals surface area contributed by atoms with Crippen molar-refractivity contribution in [2.24, 2.45) is 29.4 Å². The molecule has 0 aromatic carbocycles. The third-order valence-electron chi connectivity index (χ3n) is 9.77. The van der Waals surface area contributed by atoms with Crippen LogP contribution in [0.2, 0.25) is 0 Å². The smallest absolute Gasteiger partial charge is 0.228 e. The summed E-state index contributed by atoms with van der Waals surface area (Å²) >= 11 is 3.58. The van der Waals surface area contributed by atoms with Gasteiger partial charge in [-0.25, -0.2) is 9.40 Å². The minimum atomic E-state index is -1.13. The number of rotatable bonds is 6. The second kappa shape index (κ2) is 10.8. The molecule has 7 nitrogen and oxygen atoms in total. The topological polar surface area (TPSA) is 93.9 Å². The van der Waals surface area contributed by atoms with E-state index in [1.54, 1.807) is 0 Å².